The number of ketones is 1. The van der Waals surface area contributed by atoms with Crippen LogP contribution < -0.4 is 5.43 Å². The molecule has 51 heavy (non-hydrogen) atoms. The van der Waals surface area contributed by atoms with E-state index in [1.165, 1.54) is 5.01 Å². The maximum absolute atomic E-state index is 14.5. The fourth-order valence-corrected chi connectivity index (χ4v) is 8.27. The molecule has 4 rings (SSSR count). The van der Waals surface area contributed by atoms with Gasteiger partial charge in [-0.3, -0.25) is 4.79 Å². The monoisotopic (exact) mass is 717 g/mol. The van der Waals surface area contributed by atoms with Gasteiger partial charge in [-0.15, -0.1) is 0 Å². The number of cyclic esters (lactones) is 1. The molecule has 13 nitrogen and oxygen atoms in total. The van der Waals surface area contributed by atoms with Gasteiger partial charge in [0.15, 0.2) is 11.9 Å². The number of ether oxygens (including phenoxy) is 5. The molecular formula is C38H59N3O10. The summed E-state index contributed by atoms with van der Waals surface area (Å²) in [4.78, 5) is 43.9. The van der Waals surface area contributed by atoms with E-state index in [4.69, 9.17) is 23.7 Å². The molecule has 1 amide bonds. The van der Waals surface area contributed by atoms with Gasteiger partial charge in [0.1, 0.15) is 29.8 Å². The fourth-order valence-electron chi connectivity index (χ4n) is 8.27. The molecule has 1 aromatic carbocycles. The number of hydrogen-bond acceptors (Lipinski definition) is 12. The molecule has 286 valence electrons. The van der Waals surface area contributed by atoms with E-state index < -0.39 is 71.7 Å². The summed E-state index contributed by atoms with van der Waals surface area (Å²) < 4.78 is 31.2. The van der Waals surface area contributed by atoms with Gasteiger partial charge in [-0.05, 0) is 67.1 Å². The summed E-state index contributed by atoms with van der Waals surface area (Å²) >= 11 is 0. The van der Waals surface area contributed by atoms with Gasteiger partial charge in [0.05, 0.1) is 17.8 Å². The second-order valence-corrected chi connectivity index (χ2v) is 15.3. The number of carbonyl (C=O) groups excluding carboxylic acids is 3. The van der Waals surface area contributed by atoms with Crippen molar-refractivity contribution in [1.82, 2.24) is 15.3 Å². The zero-order chi connectivity index (χ0) is 38.0. The third kappa shape index (κ3) is 8.44. The maximum Gasteiger partial charge on any atom is 0.425 e. The van der Waals surface area contributed by atoms with Crippen molar-refractivity contribution in [3.05, 3.63) is 41.5 Å². The van der Waals surface area contributed by atoms with Crippen LogP contribution in [0, 0.1) is 17.8 Å². The average molecular weight is 718 g/mol. The number of fused-ring (bicyclic) bond motifs is 1. The minimum atomic E-state index is -1.41. The standard InChI is InChI=1S/C38H59N3O10/c1-12-29-38(8)32(41(36(46)51-38)39-20-26-15-13-14-16-28(26)42)25(6)30(43)23(4)19-37(7,47-11)33(21(2)17-22(3)34(45)49-29)50-35-31(44)27(40(9)10)18-24(5)48-35/h13-17,21,23-25,27,29,31-33,35,39,42,44H,12,18-20H2,1-11H3/b22-17+/t21-,23+,24+,25-,27-,29?,31+,32+,33+,35-,37+,38+/m0/s1. The Morgan fingerprint density at radius 1 is 1.10 bits per heavy atom. The first-order chi connectivity index (χ1) is 23.9. The first kappa shape index (κ1) is 40.7. The van der Waals surface area contributed by atoms with Crippen LogP contribution in [0.5, 0.6) is 5.75 Å². The highest BCUT2D eigenvalue weighted by Crippen LogP contribution is 2.42. The van der Waals surface area contributed by atoms with Crippen molar-refractivity contribution in [2.75, 3.05) is 21.2 Å². The van der Waals surface area contributed by atoms with Gasteiger partial charge in [0.25, 0.3) is 0 Å². The van der Waals surface area contributed by atoms with Crippen molar-refractivity contribution in [3.8, 4) is 5.75 Å². The molecule has 3 N–H and O–H groups in total. The molecule has 3 aliphatic rings. The molecular weight excluding hydrogens is 658 g/mol. The minimum Gasteiger partial charge on any atom is -0.508 e. The lowest BCUT2D eigenvalue weighted by Gasteiger charge is -2.46. The number of carbonyl (C=O) groups is 3. The normalized spacial score (nSPS) is 39.5. The predicted octanol–water partition coefficient (Wildman–Crippen LogP) is 4.34. The first-order valence-electron chi connectivity index (χ1n) is 18.0. The summed E-state index contributed by atoms with van der Waals surface area (Å²) in [5.41, 5.74) is 1.43. The van der Waals surface area contributed by atoms with Crippen LogP contribution in [0.3, 0.4) is 0 Å². The molecule has 3 heterocycles. The number of methoxy groups -OCH3 is 1. The van der Waals surface area contributed by atoms with E-state index in [1.807, 2.05) is 53.6 Å². The third-order valence-electron chi connectivity index (χ3n) is 11.1. The SMILES string of the molecule is CCC1OC(=O)/C(C)=C/[C@H](C)[C@@H](O[C@@H]2O[C@H](C)C[C@H](N(C)C)[C@H]2O)[C@](C)(OC)C[C@@H](C)C(=O)[C@H](C)[C@H]2N(NCc3ccccc3O)C(=O)O[C@]12C. The van der Waals surface area contributed by atoms with Gasteiger partial charge in [-0.2, -0.15) is 0 Å². The van der Waals surface area contributed by atoms with E-state index in [1.54, 1.807) is 58.2 Å². The summed E-state index contributed by atoms with van der Waals surface area (Å²) in [5, 5.41) is 23.1. The van der Waals surface area contributed by atoms with Gasteiger partial charge in [0, 0.05) is 48.6 Å². The summed E-state index contributed by atoms with van der Waals surface area (Å²) in [6, 6.07) is 5.64. The van der Waals surface area contributed by atoms with Gasteiger partial charge < -0.3 is 38.8 Å². The van der Waals surface area contributed by atoms with Gasteiger partial charge in [-0.1, -0.05) is 52.0 Å². The predicted molar refractivity (Wildman–Crippen MR) is 189 cm³/mol. The number of nitrogens with zero attached hydrogens (tertiary/aromatic N) is 2. The fraction of sp³-hybridized carbons (Fsp3) is 0.711. The maximum atomic E-state index is 14.5. The molecule has 0 aromatic heterocycles. The molecule has 0 bridgehead atoms. The zero-order valence-corrected chi connectivity index (χ0v) is 32.0. The number of nitrogens with one attached hydrogen (secondary N) is 1. The second kappa shape index (κ2) is 16.3. The number of amides is 1. The largest absolute Gasteiger partial charge is 0.508 e. The number of esters is 1. The summed E-state index contributed by atoms with van der Waals surface area (Å²) in [6.45, 7) is 14.5. The van der Waals surface area contributed by atoms with Crippen LogP contribution in [0.4, 0.5) is 4.79 Å². The number of hydrazine groups is 1. The quantitative estimate of drug-likeness (QED) is 0.328. The molecule has 12 atom stereocenters. The lowest BCUT2D eigenvalue weighted by Crippen LogP contribution is -2.60. The van der Waals surface area contributed by atoms with E-state index >= 15 is 0 Å². The van der Waals surface area contributed by atoms with Crippen LogP contribution in [0.25, 0.3) is 0 Å². The Balaban J connectivity index is 1.77. The van der Waals surface area contributed by atoms with Crippen LogP contribution in [0.2, 0.25) is 0 Å². The number of Topliss-reactive ketones (excluding diaryl/α,β-unsaturated/α-hetero) is 1. The molecule has 0 radical (unpaired) electrons. The van der Waals surface area contributed by atoms with Gasteiger partial charge >= 0.3 is 12.1 Å². The Morgan fingerprint density at radius 3 is 2.37 bits per heavy atom. The number of para-hydroxylation sites is 1. The van der Waals surface area contributed by atoms with E-state index in [2.05, 4.69) is 5.43 Å². The number of aliphatic hydroxyl groups excluding tert-OH is 1. The summed E-state index contributed by atoms with van der Waals surface area (Å²) in [6.07, 6.45) is -1.68. The zero-order valence-electron chi connectivity index (χ0n) is 32.0. The second-order valence-electron chi connectivity index (χ2n) is 15.3. The Kier molecular flexibility index (Phi) is 13.0. The van der Waals surface area contributed by atoms with Crippen molar-refractivity contribution in [2.24, 2.45) is 17.8 Å². The number of phenols is 1. The minimum absolute atomic E-state index is 0.0504. The molecule has 2 fully saturated rings. The Morgan fingerprint density at radius 2 is 1.76 bits per heavy atom. The van der Waals surface area contributed by atoms with E-state index in [0.717, 1.165) is 0 Å². The lowest BCUT2D eigenvalue weighted by atomic mass is 9.74. The van der Waals surface area contributed by atoms with Crippen LogP contribution in [0.1, 0.15) is 80.2 Å². The van der Waals surface area contributed by atoms with Crippen molar-refractivity contribution in [1.29, 1.82) is 0 Å². The molecule has 0 aliphatic carbocycles. The van der Waals surface area contributed by atoms with E-state index in [9.17, 15) is 24.6 Å². The molecule has 3 aliphatic heterocycles. The van der Waals surface area contributed by atoms with Crippen LogP contribution in [0.15, 0.2) is 35.9 Å². The first-order valence-corrected chi connectivity index (χ1v) is 18.0. The number of phenolic OH excluding ortho intramolecular Hbond substituents is 1. The van der Waals surface area contributed by atoms with Crippen molar-refractivity contribution >= 4 is 17.8 Å². The number of hydrogen-bond donors (Lipinski definition) is 3. The van der Waals surface area contributed by atoms with Crippen LogP contribution in [-0.2, 0) is 39.8 Å². The highest BCUT2D eigenvalue weighted by Gasteiger charge is 2.60. The Hall–Kier alpha value is -3.07. The molecule has 1 unspecified atom stereocenters. The van der Waals surface area contributed by atoms with Crippen molar-refractivity contribution in [3.63, 3.8) is 0 Å². The topological polar surface area (TPSA) is 156 Å². The Bertz CT molecular complexity index is 1440. The molecule has 0 spiro atoms. The third-order valence-corrected chi connectivity index (χ3v) is 11.1. The summed E-state index contributed by atoms with van der Waals surface area (Å²) in [5.74, 6) is -2.57. The van der Waals surface area contributed by atoms with Crippen LogP contribution >= 0.6 is 0 Å². The average Bonchev–Trinajstić information content (AvgIpc) is 3.34. The molecule has 13 heteroatoms. The van der Waals surface area contributed by atoms with Crippen LogP contribution in [-0.4, -0.2) is 113 Å². The Labute approximate surface area is 302 Å². The van der Waals surface area contributed by atoms with Crippen molar-refractivity contribution in [2.45, 2.75) is 135 Å². The smallest absolute Gasteiger partial charge is 0.425 e. The number of aromatic hydroxyl groups is 1. The molecule has 0 saturated carbocycles. The van der Waals surface area contributed by atoms with Crippen molar-refractivity contribution < 1.29 is 48.3 Å². The van der Waals surface area contributed by atoms with E-state index in [-0.39, 0.29) is 36.6 Å². The molecule has 1 aromatic rings. The number of aliphatic hydroxyl groups is 1. The van der Waals surface area contributed by atoms with Gasteiger partial charge in [0.2, 0.25) is 0 Å². The number of benzene rings is 1. The summed E-state index contributed by atoms with van der Waals surface area (Å²) in [7, 11) is 5.36. The lowest BCUT2D eigenvalue weighted by molar-refractivity contribution is -0.294. The molecule has 2 saturated heterocycles. The highest BCUT2D eigenvalue weighted by molar-refractivity contribution is 5.88. The van der Waals surface area contributed by atoms with Gasteiger partial charge in [-0.25, -0.2) is 20.0 Å². The number of likely N-dealkylation sites (N-methyl/N-ethyl adjacent to an activating group) is 1. The number of rotatable bonds is 8. The van der Waals surface area contributed by atoms with E-state index in [0.29, 0.717) is 24.0 Å². The highest BCUT2D eigenvalue weighted by atomic mass is 16.7.